The highest BCUT2D eigenvalue weighted by molar-refractivity contribution is 6.31. The normalized spacial score (nSPS) is 11.2. The summed E-state index contributed by atoms with van der Waals surface area (Å²) in [5, 5.41) is 9.30. The van der Waals surface area contributed by atoms with Crippen molar-refractivity contribution in [1.29, 1.82) is 0 Å². The van der Waals surface area contributed by atoms with E-state index in [1.54, 1.807) is 6.21 Å². The second-order valence-electron chi connectivity index (χ2n) is 4.54. The molecule has 1 heterocycles. The van der Waals surface area contributed by atoms with Crippen molar-refractivity contribution in [2.45, 2.75) is 20.8 Å². The minimum absolute atomic E-state index is 0.730. The second-order valence-corrected chi connectivity index (χ2v) is 4.95. The molecule has 100 valence electrons. The fourth-order valence-corrected chi connectivity index (χ4v) is 1.99. The van der Waals surface area contributed by atoms with Crippen molar-refractivity contribution in [3.05, 3.63) is 45.7 Å². The number of benzene rings is 1. The van der Waals surface area contributed by atoms with E-state index in [-0.39, 0.29) is 0 Å². The first-order valence-corrected chi connectivity index (χ1v) is 6.42. The number of aromatic nitrogens is 2. The third-order valence-corrected chi connectivity index (χ3v) is 3.53. The lowest BCUT2D eigenvalue weighted by Gasteiger charge is -2.02. The number of nitrogens with zero attached hydrogens (tertiary/aromatic N) is 3. The van der Waals surface area contributed by atoms with Crippen molar-refractivity contribution in [1.82, 2.24) is 9.78 Å². The predicted molar refractivity (Wildman–Crippen MR) is 80.1 cm³/mol. The Hall–Kier alpha value is -1.81. The van der Waals surface area contributed by atoms with Gasteiger partial charge in [-0.05, 0) is 38.5 Å². The molecule has 5 heteroatoms. The summed E-state index contributed by atoms with van der Waals surface area (Å²) in [6, 6.07) is 5.76. The maximum Gasteiger partial charge on any atom is 0.0684 e. The molecule has 0 aliphatic rings. The van der Waals surface area contributed by atoms with E-state index in [1.807, 2.05) is 50.7 Å². The third-order valence-electron chi connectivity index (χ3n) is 3.12. The highest BCUT2D eigenvalue weighted by Gasteiger charge is 2.06. The maximum atomic E-state index is 6.06. The molecule has 0 saturated heterocycles. The minimum Gasteiger partial charge on any atom is -0.278 e. The number of halogens is 1. The lowest BCUT2D eigenvalue weighted by Crippen LogP contribution is -1.95. The molecule has 0 bridgehead atoms. The number of anilines is 1. The Labute approximate surface area is 118 Å². The Morgan fingerprint density at radius 1 is 1.32 bits per heavy atom. The van der Waals surface area contributed by atoms with Crippen LogP contribution in [-0.4, -0.2) is 16.0 Å². The number of hydrogen-bond acceptors (Lipinski definition) is 3. The zero-order chi connectivity index (χ0) is 14.0. The van der Waals surface area contributed by atoms with Crippen molar-refractivity contribution in [3.63, 3.8) is 0 Å². The van der Waals surface area contributed by atoms with Crippen LogP contribution in [0.15, 0.2) is 23.3 Å². The molecular weight excluding hydrogens is 260 g/mol. The van der Waals surface area contributed by atoms with E-state index in [4.69, 9.17) is 11.6 Å². The maximum absolute atomic E-state index is 6.06. The Bertz CT molecular complexity index is 629. The number of nitrogens with one attached hydrogen (secondary N) is 1. The molecule has 2 rings (SSSR count). The molecule has 0 aliphatic heterocycles. The van der Waals surface area contributed by atoms with E-state index < -0.39 is 0 Å². The molecule has 0 radical (unpaired) electrons. The average Bonchev–Trinajstić information content (AvgIpc) is 2.60. The monoisotopic (exact) mass is 276 g/mol. The minimum atomic E-state index is 0.730. The molecule has 0 unspecified atom stereocenters. The molecular formula is C14H17ClN4. The van der Waals surface area contributed by atoms with Crippen molar-refractivity contribution in [2.24, 2.45) is 12.1 Å². The van der Waals surface area contributed by atoms with Gasteiger partial charge in [-0.25, -0.2) is 0 Å². The van der Waals surface area contributed by atoms with Crippen LogP contribution in [0.5, 0.6) is 0 Å². The molecule has 1 N–H and O–H groups in total. The van der Waals surface area contributed by atoms with Crippen LogP contribution in [0.3, 0.4) is 0 Å². The first-order valence-electron chi connectivity index (χ1n) is 6.04. The third kappa shape index (κ3) is 2.96. The van der Waals surface area contributed by atoms with Gasteiger partial charge < -0.3 is 0 Å². The smallest absolute Gasteiger partial charge is 0.0684 e. The van der Waals surface area contributed by atoms with Gasteiger partial charge in [-0.3, -0.25) is 10.1 Å². The zero-order valence-corrected chi connectivity index (χ0v) is 12.3. The summed E-state index contributed by atoms with van der Waals surface area (Å²) in [5.41, 5.74) is 7.98. The fraction of sp³-hybridized carbons (Fsp3) is 0.286. The number of aryl methyl sites for hydroxylation is 3. The molecule has 0 saturated carbocycles. The first-order chi connectivity index (χ1) is 8.99. The van der Waals surface area contributed by atoms with E-state index in [0.717, 1.165) is 33.2 Å². The molecule has 4 nitrogen and oxygen atoms in total. The molecule has 0 aliphatic carbocycles. The van der Waals surface area contributed by atoms with E-state index in [0.29, 0.717) is 0 Å². The average molecular weight is 277 g/mol. The van der Waals surface area contributed by atoms with Gasteiger partial charge in [0.15, 0.2) is 0 Å². The summed E-state index contributed by atoms with van der Waals surface area (Å²) in [6.45, 7) is 5.96. The summed E-state index contributed by atoms with van der Waals surface area (Å²) in [5.74, 6) is 0. The van der Waals surface area contributed by atoms with Crippen LogP contribution >= 0.6 is 11.6 Å². The van der Waals surface area contributed by atoms with Gasteiger partial charge in [0.2, 0.25) is 0 Å². The van der Waals surface area contributed by atoms with Crippen LogP contribution in [0.25, 0.3) is 0 Å². The van der Waals surface area contributed by atoms with E-state index in [9.17, 15) is 0 Å². The van der Waals surface area contributed by atoms with Crippen molar-refractivity contribution in [2.75, 3.05) is 5.43 Å². The summed E-state index contributed by atoms with van der Waals surface area (Å²) in [7, 11) is 1.92. The quantitative estimate of drug-likeness (QED) is 0.689. The largest absolute Gasteiger partial charge is 0.278 e. The predicted octanol–water partition coefficient (Wildman–Crippen LogP) is 3.44. The van der Waals surface area contributed by atoms with Crippen molar-refractivity contribution in [3.8, 4) is 0 Å². The van der Waals surface area contributed by atoms with Crippen molar-refractivity contribution < 1.29 is 0 Å². The molecule has 19 heavy (non-hydrogen) atoms. The molecule has 0 amide bonds. The van der Waals surface area contributed by atoms with Gasteiger partial charge >= 0.3 is 0 Å². The van der Waals surface area contributed by atoms with E-state index >= 15 is 0 Å². The van der Waals surface area contributed by atoms with E-state index in [2.05, 4.69) is 15.6 Å². The van der Waals surface area contributed by atoms with Crippen LogP contribution in [0.2, 0.25) is 5.02 Å². The van der Waals surface area contributed by atoms with Crippen molar-refractivity contribution >= 4 is 23.5 Å². The van der Waals surface area contributed by atoms with Gasteiger partial charge in [-0.1, -0.05) is 17.7 Å². The van der Waals surface area contributed by atoms with Crippen LogP contribution < -0.4 is 5.43 Å². The number of hydrogen-bond donors (Lipinski definition) is 1. The number of rotatable bonds is 3. The van der Waals surface area contributed by atoms with Crippen LogP contribution in [0.4, 0.5) is 5.69 Å². The SMILES string of the molecule is Cc1ccc(N/N=C\c2c(C)nn(C)c2C)cc1Cl. The zero-order valence-electron chi connectivity index (χ0n) is 11.5. The number of hydrazone groups is 1. The fourth-order valence-electron chi connectivity index (χ4n) is 1.81. The highest BCUT2D eigenvalue weighted by atomic mass is 35.5. The van der Waals surface area contributed by atoms with Crippen LogP contribution in [-0.2, 0) is 7.05 Å². The summed E-state index contributed by atoms with van der Waals surface area (Å²) in [4.78, 5) is 0. The topological polar surface area (TPSA) is 42.2 Å². The standard InChI is InChI=1S/C14H17ClN4/c1-9-5-6-12(7-14(9)15)17-16-8-13-10(2)18-19(4)11(13)3/h5-8,17H,1-4H3/b16-8-. The van der Waals surface area contributed by atoms with Crippen LogP contribution in [0, 0.1) is 20.8 Å². The van der Waals surface area contributed by atoms with Gasteiger partial charge in [0.1, 0.15) is 0 Å². The van der Waals surface area contributed by atoms with E-state index in [1.165, 1.54) is 0 Å². The first kappa shape index (κ1) is 13.6. The Morgan fingerprint density at radius 2 is 2.05 bits per heavy atom. The molecule has 2 aromatic rings. The second kappa shape index (κ2) is 5.45. The van der Waals surface area contributed by atoms with Gasteiger partial charge in [-0.2, -0.15) is 10.2 Å². The molecule has 1 aromatic heterocycles. The van der Waals surface area contributed by atoms with Gasteiger partial charge in [0, 0.05) is 23.3 Å². The lowest BCUT2D eigenvalue weighted by atomic mass is 10.2. The molecule has 1 aromatic carbocycles. The molecule has 0 atom stereocenters. The summed E-state index contributed by atoms with van der Waals surface area (Å²) < 4.78 is 1.85. The van der Waals surface area contributed by atoms with Gasteiger partial charge in [0.05, 0.1) is 17.6 Å². The molecule has 0 fully saturated rings. The highest BCUT2D eigenvalue weighted by Crippen LogP contribution is 2.19. The summed E-state index contributed by atoms with van der Waals surface area (Å²) in [6.07, 6.45) is 1.78. The van der Waals surface area contributed by atoms with Gasteiger partial charge in [-0.15, -0.1) is 0 Å². The Kier molecular flexibility index (Phi) is 3.90. The Balaban J connectivity index is 2.13. The van der Waals surface area contributed by atoms with Crippen LogP contribution in [0.1, 0.15) is 22.5 Å². The Morgan fingerprint density at radius 3 is 2.63 bits per heavy atom. The summed E-state index contributed by atoms with van der Waals surface area (Å²) >= 11 is 6.06. The molecule has 0 spiro atoms. The van der Waals surface area contributed by atoms with Gasteiger partial charge in [0.25, 0.3) is 0 Å². The lowest BCUT2D eigenvalue weighted by molar-refractivity contribution is 0.731.